The van der Waals surface area contributed by atoms with Crippen LogP contribution in [0.3, 0.4) is 0 Å². The first-order valence-electron chi connectivity index (χ1n) is 6.75. The molecule has 1 aromatic carbocycles. The first kappa shape index (κ1) is 13.1. The molecule has 0 bridgehead atoms. The predicted molar refractivity (Wildman–Crippen MR) is 73.1 cm³/mol. The second kappa shape index (κ2) is 6.55. The van der Waals surface area contributed by atoms with E-state index in [9.17, 15) is 4.79 Å². The molecule has 0 aromatic heterocycles. The average Bonchev–Trinajstić information content (AvgIpc) is 2.39. The fourth-order valence-electron chi connectivity index (χ4n) is 2.48. The van der Waals surface area contributed by atoms with E-state index < -0.39 is 0 Å². The van der Waals surface area contributed by atoms with Gasteiger partial charge in [-0.3, -0.25) is 9.69 Å². The van der Waals surface area contributed by atoms with Crippen molar-refractivity contribution in [2.75, 3.05) is 19.6 Å². The summed E-state index contributed by atoms with van der Waals surface area (Å²) in [7, 11) is 0. The first-order chi connectivity index (χ1) is 8.74. The Balaban J connectivity index is 1.72. The van der Waals surface area contributed by atoms with Gasteiger partial charge in [0.05, 0.1) is 0 Å². The van der Waals surface area contributed by atoms with Crippen LogP contribution in [0.25, 0.3) is 0 Å². The number of amides is 1. The van der Waals surface area contributed by atoms with E-state index in [0.29, 0.717) is 5.92 Å². The number of nitrogens with zero attached hydrogens (tertiary/aromatic N) is 1. The quantitative estimate of drug-likeness (QED) is 0.881. The van der Waals surface area contributed by atoms with Gasteiger partial charge in [-0.05, 0) is 37.4 Å². The molecule has 0 unspecified atom stereocenters. The van der Waals surface area contributed by atoms with Crippen molar-refractivity contribution >= 4 is 5.91 Å². The summed E-state index contributed by atoms with van der Waals surface area (Å²) >= 11 is 0. The monoisotopic (exact) mass is 246 g/mol. The van der Waals surface area contributed by atoms with Gasteiger partial charge in [-0.2, -0.15) is 0 Å². The standard InChI is InChI=1S/C15H22N2O/c1-13(18)16-11-14-7-9-17(10-8-14)12-15-5-3-2-4-6-15/h2-6,14H,7-12H2,1H3,(H,16,18). The van der Waals surface area contributed by atoms with Gasteiger partial charge in [0.1, 0.15) is 0 Å². The number of benzene rings is 1. The minimum Gasteiger partial charge on any atom is -0.356 e. The highest BCUT2D eigenvalue weighted by atomic mass is 16.1. The fourth-order valence-corrected chi connectivity index (χ4v) is 2.48. The van der Waals surface area contributed by atoms with Gasteiger partial charge in [-0.25, -0.2) is 0 Å². The number of likely N-dealkylation sites (tertiary alicyclic amines) is 1. The summed E-state index contributed by atoms with van der Waals surface area (Å²) in [4.78, 5) is 13.4. The molecule has 0 atom stereocenters. The Labute approximate surface area is 109 Å². The lowest BCUT2D eigenvalue weighted by atomic mass is 9.96. The lowest BCUT2D eigenvalue weighted by molar-refractivity contribution is -0.119. The van der Waals surface area contributed by atoms with Crippen molar-refractivity contribution in [1.82, 2.24) is 10.2 Å². The Bertz CT molecular complexity index is 369. The van der Waals surface area contributed by atoms with Gasteiger partial charge in [0.15, 0.2) is 0 Å². The summed E-state index contributed by atoms with van der Waals surface area (Å²) in [5, 5.41) is 2.92. The molecule has 1 amide bonds. The SMILES string of the molecule is CC(=O)NCC1CCN(Cc2ccccc2)CC1. The average molecular weight is 246 g/mol. The molecule has 18 heavy (non-hydrogen) atoms. The summed E-state index contributed by atoms with van der Waals surface area (Å²) < 4.78 is 0. The van der Waals surface area contributed by atoms with Gasteiger partial charge in [-0.15, -0.1) is 0 Å². The Kier molecular flexibility index (Phi) is 4.76. The van der Waals surface area contributed by atoms with Crippen LogP contribution in [-0.4, -0.2) is 30.4 Å². The minimum absolute atomic E-state index is 0.0849. The zero-order chi connectivity index (χ0) is 12.8. The van der Waals surface area contributed by atoms with Crippen LogP contribution in [0.5, 0.6) is 0 Å². The highest BCUT2D eigenvalue weighted by molar-refractivity contribution is 5.72. The Morgan fingerprint density at radius 1 is 1.28 bits per heavy atom. The van der Waals surface area contributed by atoms with Gasteiger partial charge in [-0.1, -0.05) is 30.3 Å². The zero-order valence-electron chi connectivity index (χ0n) is 11.1. The highest BCUT2D eigenvalue weighted by Gasteiger charge is 2.19. The summed E-state index contributed by atoms with van der Waals surface area (Å²) in [5.41, 5.74) is 1.39. The normalized spacial score (nSPS) is 17.6. The summed E-state index contributed by atoms with van der Waals surface area (Å²) in [6.45, 7) is 5.75. The summed E-state index contributed by atoms with van der Waals surface area (Å²) in [5.74, 6) is 0.739. The second-order valence-electron chi connectivity index (χ2n) is 5.14. The molecule has 1 aromatic rings. The Morgan fingerprint density at radius 2 is 1.94 bits per heavy atom. The van der Waals surface area contributed by atoms with Crippen molar-refractivity contribution in [3.8, 4) is 0 Å². The maximum Gasteiger partial charge on any atom is 0.216 e. The lowest BCUT2D eigenvalue weighted by Gasteiger charge is -2.32. The molecule has 1 saturated heterocycles. The number of piperidine rings is 1. The van der Waals surface area contributed by atoms with Crippen LogP contribution in [0, 0.1) is 5.92 Å². The number of carbonyl (C=O) groups excluding carboxylic acids is 1. The molecular weight excluding hydrogens is 224 g/mol. The number of rotatable bonds is 4. The number of hydrogen-bond acceptors (Lipinski definition) is 2. The van der Waals surface area contributed by atoms with Gasteiger partial charge in [0.25, 0.3) is 0 Å². The molecule has 0 aliphatic carbocycles. The molecule has 0 spiro atoms. The van der Waals surface area contributed by atoms with E-state index in [1.807, 2.05) is 0 Å². The van der Waals surface area contributed by atoms with Crippen LogP contribution in [-0.2, 0) is 11.3 Å². The van der Waals surface area contributed by atoms with Crippen molar-refractivity contribution < 1.29 is 4.79 Å². The molecular formula is C15H22N2O. The third-order valence-electron chi connectivity index (χ3n) is 3.60. The van der Waals surface area contributed by atoms with E-state index in [1.54, 1.807) is 6.92 Å². The maximum atomic E-state index is 10.9. The third-order valence-corrected chi connectivity index (χ3v) is 3.60. The molecule has 0 saturated carbocycles. The van der Waals surface area contributed by atoms with Gasteiger partial charge < -0.3 is 5.32 Å². The van der Waals surface area contributed by atoms with Gasteiger partial charge >= 0.3 is 0 Å². The molecule has 0 radical (unpaired) electrons. The van der Waals surface area contributed by atoms with Crippen molar-refractivity contribution in [3.05, 3.63) is 35.9 Å². The molecule has 1 N–H and O–H groups in total. The van der Waals surface area contributed by atoms with Crippen molar-refractivity contribution in [2.24, 2.45) is 5.92 Å². The highest BCUT2D eigenvalue weighted by Crippen LogP contribution is 2.18. The van der Waals surface area contributed by atoms with E-state index in [0.717, 1.165) is 26.2 Å². The van der Waals surface area contributed by atoms with Crippen molar-refractivity contribution in [3.63, 3.8) is 0 Å². The topological polar surface area (TPSA) is 32.3 Å². The number of nitrogens with one attached hydrogen (secondary N) is 1. The van der Waals surface area contributed by atoms with Crippen LogP contribution in [0.2, 0.25) is 0 Å². The Morgan fingerprint density at radius 3 is 2.56 bits per heavy atom. The predicted octanol–water partition coefficient (Wildman–Crippen LogP) is 2.03. The number of hydrogen-bond donors (Lipinski definition) is 1. The van der Waals surface area contributed by atoms with Crippen LogP contribution < -0.4 is 5.32 Å². The first-order valence-corrected chi connectivity index (χ1v) is 6.75. The molecule has 1 heterocycles. The maximum absolute atomic E-state index is 10.9. The van der Waals surface area contributed by atoms with Crippen LogP contribution in [0.4, 0.5) is 0 Å². The smallest absolute Gasteiger partial charge is 0.216 e. The molecule has 3 heteroatoms. The van der Waals surface area contributed by atoms with Gasteiger partial charge in [0.2, 0.25) is 5.91 Å². The van der Waals surface area contributed by atoms with E-state index in [-0.39, 0.29) is 5.91 Å². The molecule has 2 rings (SSSR count). The lowest BCUT2D eigenvalue weighted by Crippen LogP contribution is -2.37. The molecule has 98 valence electrons. The fraction of sp³-hybridized carbons (Fsp3) is 0.533. The van der Waals surface area contributed by atoms with Crippen molar-refractivity contribution in [1.29, 1.82) is 0 Å². The van der Waals surface area contributed by atoms with E-state index in [1.165, 1.54) is 18.4 Å². The van der Waals surface area contributed by atoms with E-state index >= 15 is 0 Å². The van der Waals surface area contributed by atoms with Crippen molar-refractivity contribution in [2.45, 2.75) is 26.3 Å². The summed E-state index contributed by atoms with van der Waals surface area (Å²) in [6, 6.07) is 10.6. The van der Waals surface area contributed by atoms with E-state index in [4.69, 9.17) is 0 Å². The zero-order valence-corrected chi connectivity index (χ0v) is 11.1. The third kappa shape index (κ3) is 4.15. The largest absolute Gasteiger partial charge is 0.356 e. The van der Waals surface area contributed by atoms with E-state index in [2.05, 4.69) is 40.5 Å². The number of carbonyl (C=O) groups is 1. The van der Waals surface area contributed by atoms with Gasteiger partial charge in [0, 0.05) is 20.0 Å². The molecule has 3 nitrogen and oxygen atoms in total. The summed E-state index contributed by atoms with van der Waals surface area (Å²) in [6.07, 6.45) is 2.38. The molecule has 1 aliphatic rings. The molecule has 1 fully saturated rings. The second-order valence-corrected chi connectivity index (χ2v) is 5.14. The van der Waals surface area contributed by atoms with Crippen LogP contribution in [0.15, 0.2) is 30.3 Å². The Hall–Kier alpha value is -1.35. The minimum atomic E-state index is 0.0849. The van der Waals surface area contributed by atoms with Crippen LogP contribution >= 0.6 is 0 Å². The van der Waals surface area contributed by atoms with Crippen LogP contribution in [0.1, 0.15) is 25.3 Å². The molecule has 1 aliphatic heterocycles.